The van der Waals surface area contributed by atoms with Gasteiger partial charge in [-0.3, -0.25) is 4.79 Å². The minimum absolute atomic E-state index is 0.143. The van der Waals surface area contributed by atoms with Crippen molar-refractivity contribution in [1.29, 1.82) is 0 Å². The maximum absolute atomic E-state index is 14.0. The number of sulfonamides is 2. The lowest BCUT2D eigenvalue weighted by Gasteiger charge is -2.54. The van der Waals surface area contributed by atoms with Crippen LogP contribution in [-0.2, 0) is 37.9 Å². The lowest BCUT2D eigenvalue weighted by molar-refractivity contribution is -0.140. The number of hydrogen-bond donors (Lipinski definition) is 3. The molecule has 39 heavy (non-hydrogen) atoms. The number of carbonyl (C=O) groups is 1. The zero-order valence-electron chi connectivity index (χ0n) is 20.9. The lowest BCUT2D eigenvalue weighted by Crippen LogP contribution is -2.60. The third-order valence-electron chi connectivity index (χ3n) is 8.13. The van der Waals surface area contributed by atoms with Crippen LogP contribution in [0.2, 0.25) is 0 Å². The number of thiophene rings is 1. The molecule has 1 amide bonds. The van der Waals surface area contributed by atoms with E-state index >= 15 is 0 Å². The van der Waals surface area contributed by atoms with Crippen molar-refractivity contribution < 1.29 is 31.1 Å². The summed E-state index contributed by atoms with van der Waals surface area (Å²) in [5.74, 6) is -1.32. The summed E-state index contributed by atoms with van der Waals surface area (Å²) in [6.07, 6.45) is 4.68. The highest BCUT2D eigenvalue weighted by Gasteiger charge is 2.54. The van der Waals surface area contributed by atoms with Crippen molar-refractivity contribution >= 4 is 48.1 Å². The van der Waals surface area contributed by atoms with Crippen molar-refractivity contribution in [2.45, 2.75) is 49.7 Å². The van der Waals surface area contributed by atoms with Crippen LogP contribution in [0.3, 0.4) is 0 Å². The van der Waals surface area contributed by atoms with Crippen molar-refractivity contribution in [1.82, 2.24) is 9.62 Å². The molecule has 2 aromatic rings. The quantitative estimate of drug-likeness (QED) is 0.466. The zero-order valence-corrected chi connectivity index (χ0v) is 23.4. The molecule has 1 aromatic heterocycles. The highest BCUT2D eigenvalue weighted by atomic mass is 32.2. The Labute approximate surface area is 229 Å². The van der Waals surface area contributed by atoms with Gasteiger partial charge >= 0.3 is 0 Å². The first-order valence-corrected chi connectivity index (χ1v) is 16.8. The number of anilines is 1. The van der Waals surface area contributed by atoms with Crippen LogP contribution in [0.5, 0.6) is 0 Å². The van der Waals surface area contributed by atoms with E-state index in [1.165, 1.54) is 17.5 Å². The Kier molecular flexibility index (Phi) is 6.36. The van der Waals surface area contributed by atoms with Gasteiger partial charge in [0.1, 0.15) is 27.0 Å². The maximum Gasteiger partial charge on any atom is 0.287 e. The maximum atomic E-state index is 14.0. The van der Waals surface area contributed by atoms with E-state index in [0.29, 0.717) is 0 Å². The van der Waals surface area contributed by atoms with Crippen LogP contribution in [0, 0.1) is 23.6 Å². The van der Waals surface area contributed by atoms with Gasteiger partial charge in [-0.25, -0.2) is 17.5 Å². The van der Waals surface area contributed by atoms with Gasteiger partial charge in [-0.1, -0.05) is 12.1 Å². The summed E-state index contributed by atoms with van der Waals surface area (Å²) in [7, 11) is -7.88. The predicted molar refractivity (Wildman–Crippen MR) is 144 cm³/mol. The number of aliphatic hydroxyl groups is 1. The van der Waals surface area contributed by atoms with Crippen molar-refractivity contribution in [3.8, 4) is 0 Å². The Morgan fingerprint density at radius 2 is 1.85 bits per heavy atom. The van der Waals surface area contributed by atoms with Gasteiger partial charge in [0.2, 0.25) is 10.0 Å². The van der Waals surface area contributed by atoms with E-state index in [1.807, 2.05) is 0 Å². The second kappa shape index (κ2) is 9.39. The summed E-state index contributed by atoms with van der Waals surface area (Å²) in [6, 6.07) is 5.64. The van der Waals surface area contributed by atoms with Gasteiger partial charge in [-0.15, -0.1) is 15.7 Å². The number of fused-ring (bicyclic) bond motifs is 3. The molecule has 2 aliphatic heterocycles. The minimum atomic E-state index is -4.32. The third kappa shape index (κ3) is 4.66. The molecule has 5 aliphatic rings. The Morgan fingerprint density at radius 1 is 1.18 bits per heavy atom. The number of halogens is 1. The summed E-state index contributed by atoms with van der Waals surface area (Å²) >= 11 is 1.04. The second-order valence-electron chi connectivity index (χ2n) is 10.6. The van der Waals surface area contributed by atoms with Crippen LogP contribution in [0.1, 0.15) is 36.8 Å². The van der Waals surface area contributed by atoms with Gasteiger partial charge in [0.15, 0.2) is 5.84 Å². The zero-order chi connectivity index (χ0) is 27.7. The Hall–Kier alpha value is -2.81. The smallest absolute Gasteiger partial charge is 0.287 e. The molecule has 7 rings (SSSR count). The molecule has 3 heterocycles. The van der Waals surface area contributed by atoms with Crippen LogP contribution in [-0.4, -0.2) is 50.9 Å². The van der Waals surface area contributed by atoms with E-state index in [4.69, 9.17) is 0 Å². The van der Waals surface area contributed by atoms with Crippen molar-refractivity contribution in [2.24, 2.45) is 22.2 Å². The van der Waals surface area contributed by atoms with Crippen LogP contribution in [0.15, 0.2) is 50.3 Å². The number of rotatable bonds is 6. The van der Waals surface area contributed by atoms with E-state index < -0.39 is 26.0 Å². The van der Waals surface area contributed by atoms with E-state index in [2.05, 4.69) is 14.4 Å². The minimum Gasteiger partial charge on any atom is -0.511 e. The first kappa shape index (κ1) is 26.4. The Bertz CT molecular complexity index is 1620. The predicted octanol–water partition coefficient (Wildman–Crippen LogP) is 3.11. The fraction of sp³-hybridized carbons (Fsp3) is 0.440. The lowest BCUT2D eigenvalue weighted by atomic mass is 9.59. The number of carbonyl (C=O) groups excluding carboxylic acids is 1. The summed E-state index contributed by atoms with van der Waals surface area (Å²) in [5, 5.41) is 16.2. The molecule has 14 heteroatoms. The average Bonchev–Trinajstić information content (AvgIpc) is 3.30. The monoisotopic (exact) mass is 594 g/mol. The second-order valence-corrected chi connectivity index (χ2v) is 14.8. The highest BCUT2D eigenvalue weighted by molar-refractivity contribution is 7.91. The number of aliphatic hydroxyl groups excluding tert-OH is 1. The molecule has 10 nitrogen and oxygen atoms in total. The van der Waals surface area contributed by atoms with Gasteiger partial charge in [-0.05, 0) is 60.6 Å². The average molecular weight is 595 g/mol. The van der Waals surface area contributed by atoms with Crippen LogP contribution < -0.4 is 10.0 Å². The SMILES string of the molecule is CS(=O)(=O)NCc1csc2c1S(=O)(=O)N=C(C1=C(O)C3C4CCC(CC4)C3N(Cc3ccc(F)cc3)C1=O)N2. The van der Waals surface area contributed by atoms with E-state index in [9.17, 15) is 31.1 Å². The normalized spacial score (nSPS) is 27.6. The molecule has 2 atom stereocenters. The van der Waals surface area contributed by atoms with Gasteiger partial charge in [0.05, 0.1) is 6.26 Å². The first-order chi connectivity index (χ1) is 18.4. The molecule has 2 unspecified atom stereocenters. The molecule has 3 aliphatic carbocycles. The molecule has 1 aromatic carbocycles. The molecule has 3 fully saturated rings. The topological polar surface area (TPSA) is 145 Å². The van der Waals surface area contributed by atoms with Crippen LogP contribution in [0.4, 0.5) is 9.39 Å². The number of benzene rings is 1. The summed E-state index contributed by atoms with van der Waals surface area (Å²) in [4.78, 5) is 15.6. The molecule has 3 N–H and O–H groups in total. The number of nitrogens with one attached hydrogen (secondary N) is 2. The standard InChI is InChI=1S/C25H27FN4O6S3/c1-38(33,34)27-10-16-12-37-24-22(16)39(35,36)29-23(28-24)19-21(31)18-14-4-6-15(7-5-14)20(18)30(25(19)32)11-13-2-8-17(26)9-3-13/h2-3,8-9,12,14-15,18,20,27,31H,4-7,10-11H2,1H3,(H,28,29). The van der Waals surface area contributed by atoms with Crippen LogP contribution >= 0.6 is 11.3 Å². The van der Waals surface area contributed by atoms with Crippen LogP contribution in [0.25, 0.3) is 0 Å². The molecule has 3 saturated carbocycles. The molecule has 0 radical (unpaired) electrons. The number of amides is 1. The molecule has 2 bridgehead atoms. The number of amidine groups is 1. The highest BCUT2D eigenvalue weighted by Crippen LogP contribution is 2.52. The Morgan fingerprint density at radius 3 is 2.51 bits per heavy atom. The van der Waals surface area contributed by atoms with Crippen molar-refractivity contribution in [3.63, 3.8) is 0 Å². The van der Waals surface area contributed by atoms with Gasteiger partial charge in [0.25, 0.3) is 15.9 Å². The summed E-state index contributed by atoms with van der Waals surface area (Å²) < 4.78 is 69.4. The first-order valence-electron chi connectivity index (χ1n) is 12.6. The molecular formula is C25H27FN4O6S3. The molecule has 0 saturated heterocycles. The molecule has 0 spiro atoms. The van der Waals surface area contributed by atoms with Crippen molar-refractivity contribution in [3.05, 3.63) is 57.9 Å². The van der Waals surface area contributed by atoms with E-state index in [1.54, 1.807) is 17.0 Å². The fourth-order valence-corrected chi connectivity index (χ4v) is 9.50. The van der Waals surface area contributed by atoms with Gasteiger partial charge < -0.3 is 15.3 Å². The molecular weight excluding hydrogens is 567 g/mol. The number of nitrogens with zero attached hydrogens (tertiary/aromatic N) is 2. The van der Waals surface area contributed by atoms with E-state index in [-0.39, 0.29) is 75.3 Å². The van der Waals surface area contributed by atoms with Gasteiger partial charge in [-0.2, -0.15) is 8.42 Å². The van der Waals surface area contributed by atoms with Crippen molar-refractivity contribution in [2.75, 3.05) is 11.6 Å². The third-order valence-corrected chi connectivity index (χ3v) is 11.3. The number of hydrogen-bond acceptors (Lipinski definition) is 8. The summed E-state index contributed by atoms with van der Waals surface area (Å²) in [6.45, 7) is -0.0482. The summed E-state index contributed by atoms with van der Waals surface area (Å²) in [5.41, 5.74) is 0.774. The Balaban J connectivity index is 1.40. The van der Waals surface area contributed by atoms with E-state index in [0.717, 1.165) is 48.8 Å². The largest absolute Gasteiger partial charge is 0.511 e. The van der Waals surface area contributed by atoms with Gasteiger partial charge in [0, 0.05) is 30.6 Å². The molecule has 208 valence electrons. The fourth-order valence-electron chi connectivity index (χ4n) is 6.48.